The van der Waals surface area contributed by atoms with Gasteiger partial charge in [-0.05, 0) is 19.1 Å². The third kappa shape index (κ3) is 4.72. The third-order valence-corrected chi connectivity index (χ3v) is 2.46. The molecular weight excluding hydrogens is 250 g/mol. The minimum atomic E-state index is -0.468. The van der Waals surface area contributed by atoms with E-state index >= 15 is 0 Å². The van der Waals surface area contributed by atoms with Gasteiger partial charge in [0.2, 0.25) is 0 Å². The molecule has 0 amide bonds. The summed E-state index contributed by atoms with van der Waals surface area (Å²) in [6.07, 6.45) is -0.411. The fourth-order valence-corrected chi connectivity index (χ4v) is 1.61. The van der Waals surface area contributed by atoms with Crippen molar-refractivity contribution < 1.29 is 14.8 Å². The highest BCUT2D eigenvalue weighted by atomic mass is 16.6. The van der Waals surface area contributed by atoms with E-state index in [0.29, 0.717) is 25.3 Å². The van der Waals surface area contributed by atoms with Crippen molar-refractivity contribution in [1.82, 2.24) is 5.32 Å². The van der Waals surface area contributed by atoms with Gasteiger partial charge >= 0.3 is 5.69 Å². The molecule has 0 aliphatic rings. The van der Waals surface area contributed by atoms with Crippen molar-refractivity contribution in [3.05, 3.63) is 28.3 Å². The van der Waals surface area contributed by atoms with Crippen LogP contribution < -0.4 is 15.4 Å². The van der Waals surface area contributed by atoms with Crippen LogP contribution in [0.5, 0.6) is 5.75 Å². The van der Waals surface area contributed by atoms with E-state index in [9.17, 15) is 10.1 Å². The van der Waals surface area contributed by atoms with Gasteiger partial charge in [0, 0.05) is 19.6 Å². The first-order chi connectivity index (χ1) is 9.06. The SMILES string of the molecule is COc1cccc(NCCNCC(C)O)c1[N+](=O)[O-]. The van der Waals surface area contributed by atoms with E-state index in [1.54, 1.807) is 25.1 Å². The molecular formula is C12H19N3O4. The molecule has 1 atom stereocenters. The monoisotopic (exact) mass is 269 g/mol. The van der Waals surface area contributed by atoms with Crippen molar-refractivity contribution in [2.75, 3.05) is 32.1 Å². The minimum absolute atomic E-state index is 0.0690. The average Bonchev–Trinajstić information content (AvgIpc) is 2.37. The van der Waals surface area contributed by atoms with Crippen LogP contribution in [-0.4, -0.2) is 42.9 Å². The van der Waals surface area contributed by atoms with E-state index < -0.39 is 11.0 Å². The first kappa shape index (κ1) is 15.2. The number of anilines is 1. The number of hydrogen-bond acceptors (Lipinski definition) is 6. The number of ether oxygens (including phenoxy) is 1. The highest BCUT2D eigenvalue weighted by Gasteiger charge is 2.19. The summed E-state index contributed by atoms with van der Waals surface area (Å²) in [6.45, 7) is 3.29. The van der Waals surface area contributed by atoms with Crippen molar-refractivity contribution >= 4 is 11.4 Å². The molecule has 1 unspecified atom stereocenters. The minimum Gasteiger partial charge on any atom is -0.490 e. The lowest BCUT2D eigenvalue weighted by Crippen LogP contribution is -2.29. The van der Waals surface area contributed by atoms with Crippen molar-refractivity contribution in [2.24, 2.45) is 0 Å². The van der Waals surface area contributed by atoms with Crippen LogP contribution >= 0.6 is 0 Å². The number of nitrogens with zero attached hydrogens (tertiary/aromatic N) is 1. The summed E-state index contributed by atoms with van der Waals surface area (Å²) in [6, 6.07) is 4.88. The number of aliphatic hydroxyl groups is 1. The number of nitro benzene ring substituents is 1. The summed E-state index contributed by atoms with van der Waals surface area (Å²) in [7, 11) is 1.40. The summed E-state index contributed by atoms with van der Waals surface area (Å²) in [4.78, 5) is 10.5. The molecule has 0 bridgehead atoms. The van der Waals surface area contributed by atoms with Gasteiger partial charge in [0.1, 0.15) is 5.69 Å². The molecule has 106 valence electrons. The van der Waals surface area contributed by atoms with Crippen molar-refractivity contribution in [2.45, 2.75) is 13.0 Å². The van der Waals surface area contributed by atoms with Crippen molar-refractivity contribution in [1.29, 1.82) is 0 Å². The van der Waals surface area contributed by atoms with E-state index in [2.05, 4.69) is 10.6 Å². The molecule has 7 heteroatoms. The molecule has 7 nitrogen and oxygen atoms in total. The number of aliphatic hydroxyl groups excluding tert-OH is 1. The molecule has 3 N–H and O–H groups in total. The quantitative estimate of drug-likeness (QED) is 0.370. The smallest absolute Gasteiger partial charge is 0.333 e. The highest BCUT2D eigenvalue weighted by Crippen LogP contribution is 2.34. The molecule has 1 aromatic rings. The van der Waals surface area contributed by atoms with E-state index in [-0.39, 0.29) is 11.4 Å². The topological polar surface area (TPSA) is 96.7 Å². The Balaban J connectivity index is 2.60. The zero-order valence-corrected chi connectivity index (χ0v) is 11.0. The lowest BCUT2D eigenvalue weighted by molar-refractivity contribution is -0.384. The molecule has 0 saturated heterocycles. The molecule has 0 saturated carbocycles. The molecule has 0 spiro atoms. The van der Waals surface area contributed by atoms with E-state index in [0.717, 1.165) is 0 Å². The van der Waals surface area contributed by atoms with E-state index in [4.69, 9.17) is 9.84 Å². The Bertz CT molecular complexity index is 423. The number of hydrogen-bond donors (Lipinski definition) is 3. The van der Waals surface area contributed by atoms with Crippen LogP contribution in [0.2, 0.25) is 0 Å². The summed E-state index contributed by atoms with van der Waals surface area (Å²) in [5, 5.41) is 26.1. The van der Waals surface area contributed by atoms with Gasteiger partial charge in [-0.25, -0.2) is 0 Å². The Morgan fingerprint density at radius 3 is 2.79 bits per heavy atom. The molecule has 0 aliphatic carbocycles. The van der Waals surface area contributed by atoms with E-state index in [1.165, 1.54) is 7.11 Å². The van der Waals surface area contributed by atoms with Gasteiger partial charge in [-0.2, -0.15) is 0 Å². The lowest BCUT2D eigenvalue weighted by atomic mass is 10.2. The first-order valence-electron chi connectivity index (χ1n) is 6.00. The van der Waals surface area contributed by atoms with Gasteiger partial charge in [0.25, 0.3) is 0 Å². The molecule has 0 aliphatic heterocycles. The second-order valence-corrected chi connectivity index (χ2v) is 4.09. The zero-order valence-electron chi connectivity index (χ0n) is 11.0. The molecule has 0 heterocycles. The third-order valence-electron chi connectivity index (χ3n) is 2.46. The summed E-state index contributed by atoms with van der Waals surface area (Å²) >= 11 is 0. The lowest BCUT2D eigenvalue weighted by Gasteiger charge is -2.10. The number of rotatable bonds is 8. The van der Waals surface area contributed by atoms with Crippen LogP contribution in [0.4, 0.5) is 11.4 Å². The van der Waals surface area contributed by atoms with Crippen LogP contribution in [0, 0.1) is 10.1 Å². The number of benzene rings is 1. The number of methoxy groups -OCH3 is 1. The predicted octanol–water partition coefficient (Wildman–Crippen LogP) is 0.986. The maximum atomic E-state index is 11.0. The normalized spacial score (nSPS) is 11.9. The van der Waals surface area contributed by atoms with Crippen LogP contribution in [0.3, 0.4) is 0 Å². The maximum absolute atomic E-state index is 11.0. The Morgan fingerprint density at radius 2 is 2.21 bits per heavy atom. The zero-order chi connectivity index (χ0) is 14.3. The first-order valence-corrected chi connectivity index (χ1v) is 6.00. The molecule has 1 aromatic carbocycles. The molecule has 1 rings (SSSR count). The number of nitrogens with one attached hydrogen (secondary N) is 2. The summed E-state index contributed by atoms with van der Waals surface area (Å²) < 4.78 is 4.98. The van der Waals surface area contributed by atoms with Gasteiger partial charge < -0.3 is 20.5 Å². The van der Waals surface area contributed by atoms with Crippen LogP contribution in [-0.2, 0) is 0 Å². The largest absolute Gasteiger partial charge is 0.490 e. The Morgan fingerprint density at radius 1 is 1.47 bits per heavy atom. The maximum Gasteiger partial charge on any atom is 0.333 e. The van der Waals surface area contributed by atoms with Gasteiger partial charge in [-0.1, -0.05) is 6.07 Å². The second-order valence-electron chi connectivity index (χ2n) is 4.09. The molecule has 0 aromatic heterocycles. The van der Waals surface area contributed by atoms with Gasteiger partial charge in [0.15, 0.2) is 5.75 Å². The second kappa shape index (κ2) is 7.55. The molecule has 19 heavy (non-hydrogen) atoms. The molecule has 0 fully saturated rings. The molecule has 0 radical (unpaired) electrons. The Hall–Kier alpha value is -1.86. The van der Waals surface area contributed by atoms with Gasteiger partial charge in [-0.3, -0.25) is 10.1 Å². The highest BCUT2D eigenvalue weighted by molar-refractivity contribution is 5.68. The van der Waals surface area contributed by atoms with Gasteiger partial charge in [-0.15, -0.1) is 0 Å². The summed E-state index contributed by atoms with van der Waals surface area (Å²) in [5.41, 5.74) is 0.351. The Kier molecular flexibility index (Phi) is 6.04. The van der Waals surface area contributed by atoms with Crippen LogP contribution in [0.25, 0.3) is 0 Å². The number of para-hydroxylation sites is 1. The fraction of sp³-hybridized carbons (Fsp3) is 0.500. The standard InChI is InChI=1S/C12H19N3O4/c1-9(16)8-13-6-7-14-10-4-3-5-11(19-2)12(10)15(17)18/h3-5,9,13-14,16H,6-8H2,1-2H3. The van der Waals surface area contributed by atoms with Crippen LogP contribution in [0.15, 0.2) is 18.2 Å². The van der Waals surface area contributed by atoms with Gasteiger partial charge in [0.05, 0.1) is 18.1 Å². The van der Waals surface area contributed by atoms with Crippen LogP contribution in [0.1, 0.15) is 6.92 Å². The Labute approximate surface area is 111 Å². The van der Waals surface area contributed by atoms with E-state index in [1.807, 2.05) is 0 Å². The average molecular weight is 269 g/mol. The fourth-order valence-electron chi connectivity index (χ4n) is 1.61. The summed E-state index contributed by atoms with van der Waals surface area (Å²) in [5.74, 6) is 0.229. The predicted molar refractivity (Wildman–Crippen MR) is 72.7 cm³/mol. The number of nitro groups is 1. The van der Waals surface area contributed by atoms with Crippen molar-refractivity contribution in [3.63, 3.8) is 0 Å². The van der Waals surface area contributed by atoms with Crippen molar-refractivity contribution in [3.8, 4) is 5.75 Å².